The molecule has 1 amide bonds. The maximum absolute atomic E-state index is 11.3. The summed E-state index contributed by atoms with van der Waals surface area (Å²) in [6.07, 6.45) is 3.12. The summed E-state index contributed by atoms with van der Waals surface area (Å²) < 4.78 is 0. The van der Waals surface area contributed by atoms with Crippen LogP contribution in [0, 0.1) is 11.8 Å². The summed E-state index contributed by atoms with van der Waals surface area (Å²) in [5.41, 5.74) is 5.68. The van der Waals surface area contributed by atoms with Gasteiger partial charge in [-0.05, 0) is 25.2 Å². The van der Waals surface area contributed by atoms with Crippen LogP contribution in [-0.2, 0) is 4.79 Å². The molecule has 1 fully saturated rings. The minimum Gasteiger partial charge on any atom is -0.370 e. The zero-order valence-electron chi connectivity index (χ0n) is 11.2. The summed E-state index contributed by atoms with van der Waals surface area (Å²) in [6.45, 7) is 6.31. The van der Waals surface area contributed by atoms with Gasteiger partial charge in [0.25, 0.3) is 0 Å². The number of rotatable bonds is 7. The molecule has 6 heteroatoms. The third-order valence-electron chi connectivity index (χ3n) is 2.67. The van der Waals surface area contributed by atoms with Crippen LogP contribution in [0.2, 0.25) is 0 Å². The number of hydrogen-bond acceptors (Lipinski definition) is 2. The van der Waals surface area contributed by atoms with Gasteiger partial charge in [0.15, 0.2) is 5.96 Å². The van der Waals surface area contributed by atoms with Gasteiger partial charge in [0.2, 0.25) is 5.91 Å². The van der Waals surface area contributed by atoms with Crippen molar-refractivity contribution >= 4 is 35.8 Å². The van der Waals surface area contributed by atoms with E-state index in [2.05, 4.69) is 29.5 Å². The third kappa shape index (κ3) is 8.54. The van der Waals surface area contributed by atoms with E-state index in [0.717, 1.165) is 25.8 Å². The normalized spacial score (nSPS) is 15.2. The van der Waals surface area contributed by atoms with Gasteiger partial charge in [0, 0.05) is 25.6 Å². The molecule has 0 aromatic heterocycles. The molecular weight excluding hydrogens is 343 g/mol. The second-order valence-electron chi connectivity index (χ2n) is 4.94. The van der Waals surface area contributed by atoms with Crippen LogP contribution in [0.15, 0.2) is 4.99 Å². The van der Waals surface area contributed by atoms with E-state index in [4.69, 9.17) is 5.73 Å². The Labute approximate surface area is 126 Å². The molecule has 0 radical (unpaired) electrons. The largest absolute Gasteiger partial charge is 0.370 e. The molecular formula is C12H25IN4O. The first-order chi connectivity index (χ1) is 8.09. The average Bonchev–Trinajstić information content (AvgIpc) is 3.07. The van der Waals surface area contributed by atoms with Crippen molar-refractivity contribution in [2.24, 2.45) is 22.6 Å². The van der Waals surface area contributed by atoms with Crippen LogP contribution in [-0.4, -0.2) is 31.5 Å². The van der Waals surface area contributed by atoms with Crippen molar-refractivity contribution in [1.29, 1.82) is 0 Å². The Morgan fingerprint density at radius 3 is 2.50 bits per heavy atom. The van der Waals surface area contributed by atoms with Crippen LogP contribution < -0.4 is 16.4 Å². The summed E-state index contributed by atoms with van der Waals surface area (Å²) >= 11 is 0. The summed E-state index contributed by atoms with van der Waals surface area (Å²) in [5.74, 6) is 1.55. The Morgan fingerprint density at radius 2 is 1.94 bits per heavy atom. The Morgan fingerprint density at radius 1 is 1.33 bits per heavy atom. The lowest BCUT2D eigenvalue weighted by Gasteiger charge is -2.07. The first-order valence-electron chi connectivity index (χ1n) is 6.41. The van der Waals surface area contributed by atoms with Gasteiger partial charge < -0.3 is 16.4 Å². The zero-order chi connectivity index (χ0) is 12.7. The van der Waals surface area contributed by atoms with Gasteiger partial charge in [-0.15, -0.1) is 24.0 Å². The molecule has 1 aliphatic rings. The molecule has 1 saturated carbocycles. The van der Waals surface area contributed by atoms with E-state index in [-0.39, 0.29) is 35.8 Å². The Kier molecular flexibility index (Phi) is 9.13. The lowest BCUT2D eigenvalue weighted by atomic mass is 10.1. The molecule has 4 N–H and O–H groups in total. The molecule has 0 saturated heterocycles. The van der Waals surface area contributed by atoms with Crippen molar-refractivity contribution in [3.05, 3.63) is 0 Å². The lowest BCUT2D eigenvalue weighted by molar-refractivity contribution is -0.122. The van der Waals surface area contributed by atoms with Gasteiger partial charge >= 0.3 is 0 Å². The quantitative estimate of drug-likeness (QED) is 0.272. The van der Waals surface area contributed by atoms with Crippen molar-refractivity contribution in [1.82, 2.24) is 10.6 Å². The Bertz CT molecular complexity index is 277. The van der Waals surface area contributed by atoms with E-state index < -0.39 is 0 Å². The maximum Gasteiger partial charge on any atom is 0.223 e. The van der Waals surface area contributed by atoms with E-state index in [1.807, 2.05) is 0 Å². The van der Waals surface area contributed by atoms with Gasteiger partial charge in [-0.2, -0.15) is 0 Å². The highest BCUT2D eigenvalue weighted by Crippen LogP contribution is 2.28. The Hall–Kier alpha value is -0.530. The van der Waals surface area contributed by atoms with Gasteiger partial charge in [0.05, 0.1) is 0 Å². The monoisotopic (exact) mass is 368 g/mol. The lowest BCUT2D eigenvalue weighted by Crippen LogP contribution is -2.38. The molecule has 0 unspecified atom stereocenters. The second kappa shape index (κ2) is 9.41. The van der Waals surface area contributed by atoms with Crippen LogP contribution in [0.5, 0.6) is 0 Å². The summed E-state index contributed by atoms with van der Waals surface area (Å²) in [7, 11) is 0. The number of carbonyl (C=O) groups excluding carboxylic acids is 1. The van der Waals surface area contributed by atoms with Crippen LogP contribution in [0.1, 0.15) is 33.1 Å². The topological polar surface area (TPSA) is 79.5 Å². The first-order valence-corrected chi connectivity index (χ1v) is 6.41. The number of nitrogens with one attached hydrogen (secondary N) is 2. The van der Waals surface area contributed by atoms with E-state index in [9.17, 15) is 4.79 Å². The number of nitrogens with two attached hydrogens (primary N) is 1. The number of guanidine groups is 1. The van der Waals surface area contributed by atoms with Crippen LogP contribution in [0.3, 0.4) is 0 Å². The Balaban J connectivity index is 0.00000289. The molecule has 1 aliphatic carbocycles. The van der Waals surface area contributed by atoms with Crippen LogP contribution in [0.4, 0.5) is 0 Å². The van der Waals surface area contributed by atoms with E-state index in [1.54, 1.807) is 0 Å². The molecule has 0 aromatic carbocycles. The van der Waals surface area contributed by atoms with Crippen molar-refractivity contribution in [2.45, 2.75) is 33.1 Å². The average molecular weight is 368 g/mol. The van der Waals surface area contributed by atoms with Gasteiger partial charge in [-0.1, -0.05) is 13.8 Å². The third-order valence-corrected chi connectivity index (χ3v) is 2.67. The van der Waals surface area contributed by atoms with E-state index in [1.165, 1.54) is 0 Å². The number of halogens is 1. The number of nitrogens with zero attached hydrogens (tertiary/aromatic N) is 1. The molecule has 0 bridgehead atoms. The fourth-order valence-corrected chi connectivity index (χ4v) is 1.37. The number of hydrogen-bond donors (Lipinski definition) is 3. The van der Waals surface area contributed by atoms with Crippen molar-refractivity contribution < 1.29 is 4.79 Å². The first kappa shape index (κ1) is 17.5. The van der Waals surface area contributed by atoms with Gasteiger partial charge in [-0.25, -0.2) is 0 Å². The maximum atomic E-state index is 11.3. The molecule has 0 atom stereocenters. The van der Waals surface area contributed by atoms with E-state index >= 15 is 0 Å². The predicted octanol–water partition coefficient (Wildman–Crippen LogP) is 1.08. The zero-order valence-corrected chi connectivity index (χ0v) is 13.6. The highest BCUT2D eigenvalue weighted by atomic mass is 127. The molecule has 0 heterocycles. The van der Waals surface area contributed by atoms with Gasteiger partial charge in [-0.3, -0.25) is 9.79 Å². The fourth-order valence-electron chi connectivity index (χ4n) is 1.37. The number of amides is 1. The molecule has 0 aromatic rings. The SMILES string of the molecule is CC(C)CCN=C(N)NCCNC(=O)C1CC1.I. The second-order valence-corrected chi connectivity index (χ2v) is 4.94. The highest BCUT2D eigenvalue weighted by Gasteiger charge is 2.28. The molecule has 106 valence electrons. The van der Waals surface area contributed by atoms with Crippen molar-refractivity contribution in [2.75, 3.05) is 19.6 Å². The summed E-state index contributed by atoms with van der Waals surface area (Å²) in [5, 5.41) is 5.85. The summed E-state index contributed by atoms with van der Waals surface area (Å²) in [6, 6.07) is 0. The summed E-state index contributed by atoms with van der Waals surface area (Å²) in [4.78, 5) is 15.5. The molecule has 1 rings (SSSR count). The number of carbonyl (C=O) groups is 1. The molecule has 0 spiro atoms. The fraction of sp³-hybridized carbons (Fsp3) is 0.833. The minimum absolute atomic E-state index is 0. The van der Waals surface area contributed by atoms with Crippen LogP contribution >= 0.6 is 24.0 Å². The van der Waals surface area contributed by atoms with E-state index in [0.29, 0.717) is 25.0 Å². The van der Waals surface area contributed by atoms with Crippen molar-refractivity contribution in [3.63, 3.8) is 0 Å². The van der Waals surface area contributed by atoms with Crippen LogP contribution in [0.25, 0.3) is 0 Å². The minimum atomic E-state index is 0. The molecule has 0 aliphatic heterocycles. The highest BCUT2D eigenvalue weighted by molar-refractivity contribution is 14.0. The molecule has 5 nitrogen and oxygen atoms in total. The van der Waals surface area contributed by atoms with Gasteiger partial charge in [0.1, 0.15) is 0 Å². The predicted molar refractivity (Wildman–Crippen MR) is 85.1 cm³/mol. The standard InChI is InChI=1S/C12H24N4O.HI/c1-9(2)5-6-15-12(13)16-8-7-14-11(17)10-3-4-10;/h9-10H,3-8H2,1-2H3,(H,14,17)(H3,13,15,16);1H. The number of aliphatic imine (C=N–C) groups is 1. The van der Waals surface area contributed by atoms with Crippen molar-refractivity contribution in [3.8, 4) is 0 Å². The molecule has 18 heavy (non-hydrogen) atoms. The smallest absolute Gasteiger partial charge is 0.223 e.